The van der Waals surface area contributed by atoms with Crippen LogP contribution < -0.4 is 4.74 Å². The number of piperidine rings is 1. The van der Waals surface area contributed by atoms with Crippen LogP contribution in [0.15, 0.2) is 46.3 Å². The molecule has 6 rings (SSSR count). The first-order chi connectivity index (χ1) is 17.6. The summed E-state index contributed by atoms with van der Waals surface area (Å²) in [5.74, 6) is 2.44. The molecule has 1 aliphatic carbocycles. The molecular weight excluding hydrogens is 537 g/mol. The van der Waals surface area contributed by atoms with Crippen molar-refractivity contribution in [2.75, 3.05) is 33.8 Å². The van der Waals surface area contributed by atoms with Gasteiger partial charge >= 0.3 is 0 Å². The van der Waals surface area contributed by atoms with Gasteiger partial charge in [-0.3, -0.25) is 4.90 Å². The van der Waals surface area contributed by atoms with E-state index in [1.165, 1.54) is 60.8 Å². The van der Waals surface area contributed by atoms with E-state index in [0.29, 0.717) is 0 Å². The molecule has 2 aliphatic rings. The van der Waals surface area contributed by atoms with Gasteiger partial charge in [-0.2, -0.15) is 0 Å². The SMILES string of the molecule is CN(C)Cc1c(OCC2CC2)ccc2c(CCC3CCN(Cc4cccc5ccsc45)CC3)noc12.Cl.Cl. The Morgan fingerprint density at radius 1 is 1.03 bits per heavy atom. The zero-order chi connectivity index (χ0) is 24.5. The van der Waals surface area contributed by atoms with Crippen LogP contribution in [0.2, 0.25) is 0 Å². The quantitative estimate of drug-likeness (QED) is 0.195. The number of nitrogens with zero attached hydrogens (tertiary/aromatic N) is 3. The predicted octanol–water partition coefficient (Wildman–Crippen LogP) is 7.58. The van der Waals surface area contributed by atoms with Crippen molar-refractivity contribution < 1.29 is 9.26 Å². The van der Waals surface area contributed by atoms with Gasteiger partial charge in [-0.25, -0.2) is 0 Å². The number of likely N-dealkylation sites (tertiary alicyclic amines) is 1. The summed E-state index contributed by atoms with van der Waals surface area (Å²) in [7, 11) is 4.18. The van der Waals surface area contributed by atoms with Crippen LogP contribution in [0.1, 0.15) is 48.9 Å². The highest BCUT2D eigenvalue weighted by Crippen LogP contribution is 2.35. The summed E-state index contributed by atoms with van der Waals surface area (Å²) in [6, 6.07) is 13.3. The third-order valence-electron chi connectivity index (χ3n) is 7.87. The van der Waals surface area contributed by atoms with E-state index >= 15 is 0 Å². The number of hydrogen-bond acceptors (Lipinski definition) is 6. The molecule has 0 atom stereocenters. The minimum atomic E-state index is 0. The van der Waals surface area contributed by atoms with Crippen LogP contribution in [0.3, 0.4) is 0 Å². The molecular formula is C30H39Cl2N3O2S. The summed E-state index contributed by atoms with van der Waals surface area (Å²) >= 11 is 1.87. The number of aryl methyl sites for hydroxylation is 1. The van der Waals surface area contributed by atoms with E-state index in [-0.39, 0.29) is 24.8 Å². The average Bonchev–Trinajstić information content (AvgIpc) is 3.41. The van der Waals surface area contributed by atoms with Crippen LogP contribution in [0.25, 0.3) is 21.1 Å². The Kier molecular flexibility index (Phi) is 9.99. The van der Waals surface area contributed by atoms with Crippen LogP contribution in [0.5, 0.6) is 5.75 Å². The van der Waals surface area contributed by atoms with Crippen LogP contribution in [-0.2, 0) is 19.5 Å². The Labute approximate surface area is 242 Å². The number of ether oxygens (including phenoxy) is 1. The maximum absolute atomic E-state index is 6.19. The van der Waals surface area contributed by atoms with Crippen LogP contribution in [-0.4, -0.2) is 48.7 Å². The Balaban J connectivity index is 0.00000168. The molecule has 0 N–H and O–H groups in total. The Hall–Kier alpha value is -1.83. The van der Waals surface area contributed by atoms with Crippen molar-refractivity contribution in [3.8, 4) is 5.75 Å². The van der Waals surface area contributed by atoms with E-state index in [4.69, 9.17) is 9.26 Å². The van der Waals surface area contributed by atoms with Gasteiger partial charge < -0.3 is 14.2 Å². The van der Waals surface area contributed by atoms with Gasteiger partial charge in [0, 0.05) is 23.2 Å². The summed E-state index contributed by atoms with van der Waals surface area (Å²) in [5.41, 5.74) is 4.62. The molecule has 0 radical (unpaired) electrons. The van der Waals surface area contributed by atoms with E-state index in [1.54, 1.807) is 0 Å². The molecule has 1 aliphatic heterocycles. The second-order valence-corrected chi connectivity index (χ2v) is 12.0. The van der Waals surface area contributed by atoms with E-state index in [0.717, 1.165) is 65.9 Å². The van der Waals surface area contributed by atoms with Crippen molar-refractivity contribution >= 4 is 57.2 Å². The molecule has 206 valence electrons. The monoisotopic (exact) mass is 575 g/mol. The zero-order valence-corrected chi connectivity index (χ0v) is 24.8. The second kappa shape index (κ2) is 13.0. The van der Waals surface area contributed by atoms with Crippen molar-refractivity contribution in [3.63, 3.8) is 0 Å². The number of rotatable bonds is 10. The Morgan fingerprint density at radius 2 is 1.84 bits per heavy atom. The average molecular weight is 577 g/mol. The van der Waals surface area contributed by atoms with Crippen molar-refractivity contribution in [2.45, 2.75) is 51.6 Å². The first-order valence-electron chi connectivity index (χ1n) is 13.5. The number of benzene rings is 2. The molecule has 0 amide bonds. The molecule has 2 fully saturated rings. The first kappa shape index (κ1) is 29.2. The fourth-order valence-electron chi connectivity index (χ4n) is 5.56. The largest absolute Gasteiger partial charge is 0.493 e. The molecule has 3 heterocycles. The maximum Gasteiger partial charge on any atom is 0.175 e. The molecule has 0 spiro atoms. The molecule has 8 heteroatoms. The summed E-state index contributed by atoms with van der Waals surface area (Å²) in [5, 5.41) is 9.28. The van der Waals surface area contributed by atoms with Crippen molar-refractivity contribution in [1.29, 1.82) is 0 Å². The minimum Gasteiger partial charge on any atom is -0.493 e. The van der Waals surface area contributed by atoms with E-state index in [2.05, 4.69) is 70.8 Å². The standard InChI is InChI=1S/C30H37N3O2S.2ClH/c1-32(2)19-26-28(34-20-22-6-7-22)11-9-25-27(31-35-29(25)26)10-8-21-12-15-33(16-13-21)18-24-5-3-4-23-14-17-36-30(23)24;;/h3-5,9,11,14,17,21-22H,6-8,10,12-13,15-16,18-20H2,1-2H3;2*1H. The third-order valence-corrected chi connectivity index (χ3v) is 8.88. The van der Waals surface area contributed by atoms with Crippen molar-refractivity contribution in [2.24, 2.45) is 11.8 Å². The highest BCUT2D eigenvalue weighted by Gasteiger charge is 2.25. The third kappa shape index (κ3) is 6.65. The first-order valence-corrected chi connectivity index (χ1v) is 14.4. The lowest BCUT2D eigenvalue weighted by molar-refractivity contribution is 0.172. The van der Waals surface area contributed by atoms with Gasteiger partial charge in [0.25, 0.3) is 0 Å². The van der Waals surface area contributed by atoms with Gasteiger partial charge in [0.2, 0.25) is 0 Å². The lowest BCUT2D eigenvalue weighted by Gasteiger charge is -2.32. The molecule has 2 aromatic heterocycles. The molecule has 38 heavy (non-hydrogen) atoms. The summed E-state index contributed by atoms with van der Waals surface area (Å²) in [4.78, 5) is 4.81. The Bertz CT molecular complexity index is 1330. The maximum atomic E-state index is 6.19. The number of hydrogen-bond donors (Lipinski definition) is 0. The fourth-order valence-corrected chi connectivity index (χ4v) is 6.47. The minimum absolute atomic E-state index is 0. The Morgan fingerprint density at radius 3 is 2.61 bits per heavy atom. The summed E-state index contributed by atoms with van der Waals surface area (Å²) < 4.78 is 13.6. The number of halogens is 2. The van der Waals surface area contributed by atoms with Gasteiger partial charge in [0.1, 0.15) is 5.75 Å². The summed E-state index contributed by atoms with van der Waals surface area (Å²) in [6.45, 7) is 5.04. The van der Waals surface area contributed by atoms with E-state index in [1.807, 2.05) is 11.3 Å². The van der Waals surface area contributed by atoms with E-state index < -0.39 is 0 Å². The molecule has 1 saturated carbocycles. The lowest BCUT2D eigenvalue weighted by atomic mass is 9.91. The van der Waals surface area contributed by atoms with Gasteiger partial charge in [0.15, 0.2) is 5.58 Å². The molecule has 5 nitrogen and oxygen atoms in total. The summed E-state index contributed by atoms with van der Waals surface area (Å²) in [6.07, 6.45) is 7.28. The number of thiophene rings is 1. The highest BCUT2D eigenvalue weighted by molar-refractivity contribution is 7.17. The van der Waals surface area contributed by atoms with Gasteiger partial charge in [-0.1, -0.05) is 23.4 Å². The number of fused-ring (bicyclic) bond motifs is 2. The van der Waals surface area contributed by atoms with Crippen molar-refractivity contribution in [3.05, 3.63) is 58.6 Å². The van der Waals surface area contributed by atoms with Crippen LogP contribution in [0.4, 0.5) is 0 Å². The highest BCUT2D eigenvalue weighted by atomic mass is 35.5. The van der Waals surface area contributed by atoms with Crippen molar-refractivity contribution in [1.82, 2.24) is 15.0 Å². The predicted molar refractivity (Wildman–Crippen MR) is 162 cm³/mol. The molecule has 2 aromatic carbocycles. The fraction of sp³-hybridized carbons (Fsp3) is 0.500. The van der Waals surface area contributed by atoms with E-state index in [9.17, 15) is 0 Å². The molecule has 0 bridgehead atoms. The van der Waals surface area contributed by atoms with Gasteiger partial charge in [-0.05, 0) is 112 Å². The van der Waals surface area contributed by atoms with Crippen LogP contribution >= 0.6 is 36.2 Å². The number of aromatic nitrogens is 1. The van der Waals surface area contributed by atoms with Crippen LogP contribution in [0, 0.1) is 11.8 Å². The lowest BCUT2D eigenvalue weighted by Crippen LogP contribution is -2.33. The smallest absolute Gasteiger partial charge is 0.175 e. The normalized spacial score (nSPS) is 16.6. The molecule has 0 unspecified atom stereocenters. The molecule has 4 aromatic rings. The van der Waals surface area contributed by atoms with Gasteiger partial charge in [-0.15, -0.1) is 36.2 Å². The zero-order valence-electron chi connectivity index (χ0n) is 22.4. The van der Waals surface area contributed by atoms with Gasteiger partial charge in [0.05, 0.1) is 17.9 Å². The molecule has 1 saturated heterocycles. The second-order valence-electron chi connectivity index (χ2n) is 11.1. The topological polar surface area (TPSA) is 41.7 Å².